The zero-order valence-corrected chi connectivity index (χ0v) is 20.5. The number of nitrogens with zero attached hydrogens (tertiary/aromatic N) is 2. The topological polar surface area (TPSA) is 138 Å². The molecule has 1 saturated heterocycles. The summed E-state index contributed by atoms with van der Waals surface area (Å²) in [5.74, 6) is -2.52. The van der Waals surface area contributed by atoms with Crippen LogP contribution in [0.4, 0.5) is 15.4 Å². The number of hydrogen-bond donors (Lipinski definition) is 3. The van der Waals surface area contributed by atoms with Gasteiger partial charge in [0, 0.05) is 6.20 Å². The van der Waals surface area contributed by atoms with E-state index in [2.05, 4.69) is 22.5 Å². The first-order chi connectivity index (χ1) is 17.3. The van der Waals surface area contributed by atoms with Crippen LogP contribution in [0.15, 0.2) is 48.7 Å². The second kappa shape index (κ2) is 12.7. The first-order valence-corrected chi connectivity index (χ1v) is 12.1. The molecule has 1 aromatic carbocycles. The number of β-lactam (4-membered cyclic amide) rings is 1. The Morgan fingerprint density at radius 3 is 2.58 bits per heavy atom. The second-order valence-electron chi connectivity index (χ2n) is 8.75. The van der Waals surface area contributed by atoms with Crippen LogP contribution in [0.25, 0.3) is 0 Å². The highest BCUT2D eigenvalue weighted by atomic mass is 16.5. The van der Waals surface area contributed by atoms with Gasteiger partial charge in [0.2, 0.25) is 5.91 Å². The van der Waals surface area contributed by atoms with Gasteiger partial charge in [-0.1, -0.05) is 56.5 Å². The van der Waals surface area contributed by atoms with Gasteiger partial charge in [-0.3, -0.25) is 10.1 Å². The maximum Gasteiger partial charge on any atom is 0.412 e. The van der Waals surface area contributed by atoms with Crippen molar-refractivity contribution in [2.75, 3.05) is 11.9 Å². The number of aliphatic carboxylic acids is 1. The molecule has 36 heavy (non-hydrogen) atoms. The number of benzene rings is 1. The Labute approximate surface area is 210 Å². The maximum absolute atomic E-state index is 12.8. The molecule has 3 rings (SSSR count). The molecular formula is C26H32N4O6. The molecule has 0 saturated carbocycles. The number of rotatable bonds is 11. The molecule has 0 unspecified atom stereocenters. The molecule has 1 fully saturated rings. The van der Waals surface area contributed by atoms with E-state index >= 15 is 0 Å². The van der Waals surface area contributed by atoms with Gasteiger partial charge in [0.15, 0.2) is 6.04 Å². The zero-order chi connectivity index (χ0) is 26.1. The van der Waals surface area contributed by atoms with Crippen molar-refractivity contribution in [2.45, 2.75) is 58.0 Å². The third-order valence-corrected chi connectivity index (χ3v) is 6.07. The fourth-order valence-corrected chi connectivity index (χ4v) is 4.09. The Bertz CT molecular complexity index is 1080. The SMILES string of the molecule is CCCCCCOC(=O)Nc1cc(C[C@H]2C(=O)N(C(=O)N[C@H](C)c3ccccc3)[C@@H]2C(=O)O)ccn1. The molecule has 0 spiro atoms. The van der Waals surface area contributed by atoms with E-state index in [1.807, 2.05) is 30.3 Å². The highest BCUT2D eigenvalue weighted by Crippen LogP contribution is 2.31. The third-order valence-electron chi connectivity index (χ3n) is 6.07. The number of ether oxygens (including phenoxy) is 1. The van der Waals surface area contributed by atoms with Gasteiger partial charge in [-0.2, -0.15) is 0 Å². The average Bonchev–Trinajstić information content (AvgIpc) is 2.85. The zero-order valence-electron chi connectivity index (χ0n) is 20.5. The summed E-state index contributed by atoms with van der Waals surface area (Å²) in [6, 6.07) is 9.91. The fraction of sp³-hybridized carbons (Fsp3) is 0.423. The largest absolute Gasteiger partial charge is 0.480 e. The number of imide groups is 1. The Hall–Kier alpha value is -3.95. The molecule has 10 heteroatoms. The first kappa shape index (κ1) is 26.7. The Morgan fingerprint density at radius 2 is 1.89 bits per heavy atom. The van der Waals surface area contributed by atoms with Gasteiger partial charge >= 0.3 is 18.1 Å². The number of anilines is 1. The van der Waals surface area contributed by atoms with Gasteiger partial charge < -0.3 is 15.2 Å². The van der Waals surface area contributed by atoms with E-state index in [4.69, 9.17) is 4.74 Å². The summed E-state index contributed by atoms with van der Waals surface area (Å²) < 4.78 is 5.14. The number of nitrogens with one attached hydrogen (secondary N) is 2. The normalized spacial score (nSPS) is 17.6. The summed E-state index contributed by atoms with van der Waals surface area (Å²) in [6.07, 6.45) is 4.84. The quantitative estimate of drug-likeness (QED) is 0.314. The van der Waals surface area contributed by atoms with Crippen LogP contribution in [-0.2, 0) is 20.7 Å². The predicted molar refractivity (Wildman–Crippen MR) is 132 cm³/mol. The maximum atomic E-state index is 12.8. The Morgan fingerprint density at radius 1 is 1.14 bits per heavy atom. The number of carbonyl (C=O) groups excluding carboxylic acids is 3. The molecule has 3 N–H and O–H groups in total. The molecule has 2 aromatic rings. The van der Waals surface area contributed by atoms with Crippen LogP contribution < -0.4 is 10.6 Å². The van der Waals surface area contributed by atoms with E-state index < -0.39 is 42.0 Å². The molecule has 0 radical (unpaired) electrons. The summed E-state index contributed by atoms with van der Waals surface area (Å²) in [5.41, 5.74) is 1.43. The standard InChI is InChI=1S/C26H32N4O6/c1-3-4-5-9-14-36-26(35)29-21-16-18(12-13-27-21)15-20-22(24(32)33)30(23(20)31)25(34)28-17(2)19-10-7-6-8-11-19/h6-8,10-13,16-17,20,22H,3-5,9,14-15H2,1-2H3,(H,28,34)(H,32,33)(H,27,29,35)/t17-,20-,22+/m1/s1. The predicted octanol–water partition coefficient (Wildman–Crippen LogP) is 4.14. The molecule has 1 aliphatic heterocycles. The molecule has 3 atom stereocenters. The molecular weight excluding hydrogens is 464 g/mol. The van der Waals surface area contributed by atoms with Crippen LogP contribution in [0, 0.1) is 5.92 Å². The highest BCUT2D eigenvalue weighted by Gasteiger charge is 2.54. The van der Waals surface area contributed by atoms with Crippen molar-refractivity contribution >= 4 is 29.8 Å². The molecule has 1 aromatic heterocycles. The minimum Gasteiger partial charge on any atom is -0.480 e. The summed E-state index contributed by atoms with van der Waals surface area (Å²) >= 11 is 0. The number of amides is 4. The fourth-order valence-electron chi connectivity index (χ4n) is 4.09. The van der Waals surface area contributed by atoms with Crippen LogP contribution in [0.1, 0.15) is 56.7 Å². The second-order valence-corrected chi connectivity index (χ2v) is 8.75. The van der Waals surface area contributed by atoms with E-state index in [0.29, 0.717) is 12.2 Å². The van der Waals surface area contributed by atoms with E-state index in [9.17, 15) is 24.3 Å². The summed E-state index contributed by atoms with van der Waals surface area (Å²) in [7, 11) is 0. The minimum atomic E-state index is -1.29. The van der Waals surface area contributed by atoms with Crippen LogP contribution in [0.5, 0.6) is 0 Å². The lowest BCUT2D eigenvalue weighted by Gasteiger charge is -2.43. The number of urea groups is 1. The molecule has 10 nitrogen and oxygen atoms in total. The molecule has 4 amide bonds. The van der Waals surface area contributed by atoms with Gasteiger partial charge in [-0.05, 0) is 43.0 Å². The van der Waals surface area contributed by atoms with Crippen LogP contribution in [0.2, 0.25) is 0 Å². The lowest BCUT2D eigenvalue weighted by molar-refractivity contribution is -0.165. The van der Waals surface area contributed by atoms with Crippen molar-refractivity contribution in [3.63, 3.8) is 0 Å². The van der Waals surface area contributed by atoms with Gasteiger partial charge in [0.05, 0.1) is 18.6 Å². The molecule has 2 heterocycles. The smallest absolute Gasteiger partial charge is 0.412 e. The van der Waals surface area contributed by atoms with Crippen molar-refractivity contribution in [1.82, 2.24) is 15.2 Å². The lowest BCUT2D eigenvalue weighted by atomic mass is 9.82. The molecule has 0 bridgehead atoms. The van der Waals surface area contributed by atoms with E-state index in [0.717, 1.165) is 36.1 Å². The van der Waals surface area contributed by atoms with E-state index in [1.165, 1.54) is 6.20 Å². The Kier molecular flexibility index (Phi) is 9.38. The first-order valence-electron chi connectivity index (χ1n) is 12.1. The number of pyridine rings is 1. The van der Waals surface area contributed by atoms with Crippen LogP contribution >= 0.6 is 0 Å². The van der Waals surface area contributed by atoms with Crippen molar-refractivity contribution in [2.24, 2.45) is 5.92 Å². The average molecular weight is 497 g/mol. The van der Waals surface area contributed by atoms with Gasteiger partial charge in [0.1, 0.15) is 5.82 Å². The Balaban J connectivity index is 1.58. The number of carbonyl (C=O) groups is 4. The van der Waals surface area contributed by atoms with Crippen molar-refractivity contribution in [1.29, 1.82) is 0 Å². The van der Waals surface area contributed by atoms with E-state index in [-0.39, 0.29) is 12.2 Å². The molecule has 1 aliphatic rings. The van der Waals surface area contributed by atoms with Gasteiger partial charge in [-0.25, -0.2) is 24.3 Å². The van der Waals surface area contributed by atoms with E-state index in [1.54, 1.807) is 19.1 Å². The summed E-state index contributed by atoms with van der Waals surface area (Å²) in [4.78, 5) is 54.2. The van der Waals surface area contributed by atoms with Crippen LogP contribution in [-0.4, -0.2) is 51.6 Å². The van der Waals surface area contributed by atoms with Crippen molar-refractivity contribution in [3.8, 4) is 0 Å². The monoisotopic (exact) mass is 496 g/mol. The van der Waals surface area contributed by atoms with Crippen molar-refractivity contribution < 1.29 is 29.0 Å². The number of unbranched alkanes of at least 4 members (excludes halogenated alkanes) is 3. The number of hydrogen-bond acceptors (Lipinski definition) is 6. The van der Waals surface area contributed by atoms with Gasteiger partial charge in [0.25, 0.3) is 0 Å². The number of carboxylic acids is 1. The number of likely N-dealkylation sites (tertiary alicyclic amines) is 1. The number of carboxylic acid groups (broad SMARTS) is 1. The highest BCUT2D eigenvalue weighted by molar-refractivity contribution is 6.07. The summed E-state index contributed by atoms with van der Waals surface area (Å²) in [6.45, 7) is 4.16. The number of aromatic nitrogens is 1. The van der Waals surface area contributed by atoms with Crippen molar-refractivity contribution in [3.05, 3.63) is 59.8 Å². The molecule has 0 aliphatic carbocycles. The van der Waals surface area contributed by atoms with Crippen LogP contribution in [0.3, 0.4) is 0 Å². The minimum absolute atomic E-state index is 0.0804. The lowest BCUT2D eigenvalue weighted by Crippen LogP contribution is -2.68. The van der Waals surface area contributed by atoms with Gasteiger partial charge in [-0.15, -0.1) is 0 Å². The third kappa shape index (κ3) is 6.80. The summed E-state index contributed by atoms with van der Waals surface area (Å²) in [5, 5.41) is 15.0. The molecule has 192 valence electrons.